The molecule has 0 N–H and O–H groups in total. The fourth-order valence-electron chi connectivity index (χ4n) is 14.4. The number of fused-ring (bicyclic) bond motifs is 12. The van der Waals surface area contributed by atoms with Crippen molar-refractivity contribution in [2.75, 3.05) is 0 Å². The van der Waals surface area contributed by atoms with Crippen LogP contribution in [0.4, 0.5) is 0 Å². The summed E-state index contributed by atoms with van der Waals surface area (Å²) in [6.07, 6.45) is 0. The number of nitrogens with zero attached hydrogens (tertiary/aromatic N) is 3. The van der Waals surface area contributed by atoms with Crippen molar-refractivity contribution < 1.29 is 0 Å². The molecule has 0 spiro atoms. The monoisotopic (exact) mass is 1190 g/mol. The van der Waals surface area contributed by atoms with Gasteiger partial charge in [-0.2, -0.15) is 0 Å². The van der Waals surface area contributed by atoms with E-state index in [0.29, 0.717) is 5.39 Å². The van der Waals surface area contributed by atoms with Gasteiger partial charge in [0.25, 0.3) is 0 Å². The van der Waals surface area contributed by atoms with E-state index >= 15 is 0 Å². The fraction of sp³-hybridized carbons (Fsp3) is 0. The number of hydrogen-bond donors (Lipinski definition) is 0. The first-order valence-corrected chi connectivity index (χ1v) is 30.2. The third-order valence-electron chi connectivity index (χ3n) is 19.6. The van der Waals surface area contributed by atoms with E-state index in [0.717, 1.165) is 11.3 Å². The summed E-state index contributed by atoms with van der Waals surface area (Å²) in [7, 11) is 250. The highest BCUT2D eigenvalue weighted by Gasteiger charge is 2.34. The van der Waals surface area contributed by atoms with Gasteiger partial charge in [0, 0.05) is 81.1 Å². The molecule has 40 heteroatoms. The normalized spacial score (nSPS) is 12.0. The molecular formula is C60HB36N3S. The van der Waals surface area contributed by atoms with Gasteiger partial charge in [0.05, 0.1) is 0 Å². The van der Waals surface area contributed by atoms with Crippen molar-refractivity contribution >= 4 is 576 Å². The van der Waals surface area contributed by atoms with Gasteiger partial charge in [0.1, 0.15) is 282 Å². The van der Waals surface area contributed by atoms with Gasteiger partial charge in [-0.25, -0.2) is 0 Å². The highest BCUT2D eigenvalue weighted by molar-refractivity contribution is 7.28. The van der Waals surface area contributed by atoms with Crippen LogP contribution in [0.25, 0.3) is 125 Å². The smallest absolute Gasteiger partial charge is 0.117 e. The lowest BCUT2D eigenvalue weighted by molar-refractivity contribution is 1.21. The van der Waals surface area contributed by atoms with Crippen LogP contribution in [0.1, 0.15) is 0 Å². The van der Waals surface area contributed by atoms with Crippen molar-refractivity contribution in [3.05, 3.63) is 6.07 Å². The van der Waals surface area contributed by atoms with E-state index < -0.39 is 0 Å². The molecule has 370 valence electrons. The van der Waals surface area contributed by atoms with Crippen LogP contribution < -0.4 is 197 Å². The molecule has 0 saturated heterocycles. The maximum absolute atomic E-state index is 7.73. The number of aromatic nitrogens is 3. The van der Waals surface area contributed by atoms with Crippen LogP contribution in [0, 0.1) is 0 Å². The minimum atomic E-state index is -0.310. The first kappa shape index (κ1) is 71.2. The van der Waals surface area contributed by atoms with Crippen LogP contribution in [-0.2, 0) is 0 Å². The first-order chi connectivity index (χ1) is 46.8. The predicted molar refractivity (Wildman–Crippen MR) is 467 cm³/mol. The first-order valence-electron chi connectivity index (χ1n) is 29.4. The Morgan fingerprint density at radius 1 is 0.170 bits per heavy atom. The van der Waals surface area contributed by atoms with Gasteiger partial charge in [-0.15, -0.1) is 82.4 Å². The molecule has 0 fully saturated rings. The topological polar surface area (TPSA) is 14.8 Å². The Bertz CT molecular complexity index is 6330. The summed E-state index contributed by atoms with van der Waals surface area (Å²) >= 11 is 1.00. The Balaban J connectivity index is 1.13. The molecule has 0 unspecified atom stereocenters. The van der Waals surface area contributed by atoms with E-state index in [1.54, 1.807) is 0 Å². The molecule has 0 bridgehead atoms. The predicted octanol–water partition coefficient (Wildman–Crippen LogP) is -26.7. The molecule has 0 atom stereocenters. The summed E-state index contributed by atoms with van der Waals surface area (Å²) in [4.78, 5) is 0. The molecular weight excluding hydrogens is 1180 g/mol. The van der Waals surface area contributed by atoms with Crippen LogP contribution >= 0.6 is 11.3 Å². The second-order valence-corrected chi connectivity index (χ2v) is 25.5. The molecule has 0 aliphatic rings. The molecule has 4 aromatic heterocycles. The Hall–Kier alpha value is -5.84. The van der Waals surface area contributed by atoms with Crippen LogP contribution in [0.2, 0.25) is 0 Å². The Labute approximate surface area is 630 Å². The molecule has 0 aliphatic carbocycles. The summed E-state index contributed by atoms with van der Waals surface area (Å²) in [5, 5.41) is 0.888. The van der Waals surface area contributed by atoms with E-state index in [-0.39, 0.29) is 316 Å². The van der Waals surface area contributed by atoms with Crippen LogP contribution in [0.5, 0.6) is 0 Å². The molecule has 72 radical (unpaired) electrons. The standard InChI is InChI=1S/C60HB36N3S/c61-3-1-2-4-17(64)30(77)36(83)41(88)51(4)97(50(2)40(87)15(3)62)57-26(73)12-10-24(71)34(81)38(85)43(90)53(10)99(55(12)46(93)47(57)94)58-27(74)11-9-23(70)33(80)37(84)42(89)52(9)98(54(11)45(92)48(58)95)56-14-13-25(72)18(65)8(28(75)59(13)100-60(14)49(96)39(86)44(56)91)6-16(63)5(19(66)29(76)20(6)67)7-21(68)31(78)35(82)32(79)22(7)69/h1H. The zero-order chi connectivity index (χ0) is 73.2. The highest BCUT2D eigenvalue weighted by atomic mass is 32.1. The molecule has 4 heterocycles. The molecule has 3 nitrogen and oxygen atoms in total. The summed E-state index contributed by atoms with van der Waals surface area (Å²) in [6.45, 7) is 0. The summed E-state index contributed by atoms with van der Waals surface area (Å²) in [5.41, 5.74) is -5.81. The van der Waals surface area contributed by atoms with Crippen molar-refractivity contribution in [3.8, 4) is 39.3 Å². The van der Waals surface area contributed by atoms with E-state index in [1.807, 2.05) is 0 Å². The molecule has 0 aliphatic heterocycles. The second-order valence-electron chi connectivity index (χ2n) is 24.5. The van der Waals surface area contributed by atoms with Gasteiger partial charge in [-0.1, -0.05) is 132 Å². The van der Waals surface area contributed by atoms with E-state index in [1.165, 1.54) is 19.8 Å². The van der Waals surface area contributed by atoms with Gasteiger partial charge in [-0.3, -0.25) is 0 Å². The summed E-state index contributed by atoms with van der Waals surface area (Å²) < 4.78 is 4.79. The van der Waals surface area contributed by atoms with Gasteiger partial charge < -0.3 is 13.7 Å². The molecule has 14 rings (SSSR count). The molecule has 14 aromatic rings. The van der Waals surface area contributed by atoms with Crippen LogP contribution in [0.3, 0.4) is 0 Å². The van der Waals surface area contributed by atoms with E-state index in [2.05, 4.69) is 0 Å². The largest absolute Gasteiger partial charge is 0.312 e. The SMILES string of the molecule is [B]c1cc2c3c([B])c([B])c([B])c([B])c3n(-c3c([B])c([B])c4c(c3[B])c3c([B])c([B])c([B])c([B])c3n4-c3c([B])c([B])c4c(c3[B])c3c([B])c([B])c([B])c([B])c3n4-c3c([B])c([B])c([B])c4sc5c([B])c(-c6c([B])c([B])c([B])c(-c7c([B])c([B])c([B])c([B])c7[B])c6[B])c([B])c([B])c5c34)c2c([B])c1[B]. The highest BCUT2D eigenvalue weighted by Crippen LogP contribution is 2.39. The van der Waals surface area contributed by atoms with Gasteiger partial charge in [-0.05, 0) is 43.8 Å². The van der Waals surface area contributed by atoms with Gasteiger partial charge in [0.2, 0.25) is 0 Å². The number of hydrogen-bond acceptors (Lipinski definition) is 1. The average Bonchev–Trinajstić information content (AvgIpc) is 1.51. The van der Waals surface area contributed by atoms with Gasteiger partial charge in [0.15, 0.2) is 0 Å². The lowest BCUT2D eigenvalue weighted by atomic mass is 9.55. The third-order valence-corrected chi connectivity index (χ3v) is 20.9. The Kier molecular flexibility index (Phi) is 17.0. The minimum Gasteiger partial charge on any atom is -0.312 e. The molecule has 0 amide bonds. The molecule has 10 aromatic carbocycles. The second kappa shape index (κ2) is 23.8. The summed E-state index contributed by atoms with van der Waals surface area (Å²) in [5.74, 6) is 0. The Morgan fingerprint density at radius 3 is 0.850 bits per heavy atom. The van der Waals surface area contributed by atoms with Crippen molar-refractivity contribution in [1.29, 1.82) is 0 Å². The lowest BCUT2D eigenvalue weighted by Gasteiger charge is -2.30. The van der Waals surface area contributed by atoms with Crippen LogP contribution in [0.15, 0.2) is 6.07 Å². The maximum atomic E-state index is 7.73. The van der Waals surface area contributed by atoms with Crippen molar-refractivity contribution in [2.45, 2.75) is 0 Å². The lowest BCUT2D eigenvalue weighted by Crippen LogP contribution is -2.57. The minimum absolute atomic E-state index is 0.00578. The van der Waals surface area contributed by atoms with Gasteiger partial charge >= 0.3 is 0 Å². The van der Waals surface area contributed by atoms with Crippen molar-refractivity contribution in [3.63, 3.8) is 0 Å². The summed E-state index contributed by atoms with van der Waals surface area (Å²) in [6, 6.07) is 1.52. The quantitative estimate of drug-likeness (QED) is 0.153. The van der Waals surface area contributed by atoms with Crippen LogP contribution in [-0.4, -0.2) is 296 Å². The maximum Gasteiger partial charge on any atom is 0.117 e. The van der Waals surface area contributed by atoms with E-state index in [9.17, 15) is 0 Å². The molecule has 100 heavy (non-hydrogen) atoms. The number of benzene rings is 10. The molecule has 0 saturated carbocycles. The zero-order valence-electron chi connectivity index (χ0n) is 52.6. The van der Waals surface area contributed by atoms with Crippen molar-refractivity contribution in [1.82, 2.24) is 13.7 Å². The average molecular weight is 1180 g/mol. The van der Waals surface area contributed by atoms with Crippen molar-refractivity contribution in [2.24, 2.45) is 0 Å². The zero-order valence-corrected chi connectivity index (χ0v) is 53.4. The van der Waals surface area contributed by atoms with E-state index in [4.69, 9.17) is 282 Å². The number of rotatable bonds is 5. The fourth-order valence-corrected chi connectivity index (χ4v) is 15.7. The number of thiophene rings is 1. The Morgan fingerprint density at radius 2 is 0.420 bits per heavy atom. The third kappa shape index (κ3) is 8.85.